The lowest BCUT2D eigenvalue weighted by atomic mass is 10.3. The molecule has 1 atom stereocenters. The maximum absolute atomic E-state index is 10.8. The van der Waals surface area contributed by atoms with Crippen molar-refractivity contribution >= 4 is 6.09 Å². The number of hydrogen-bond donors (Lipinski definition) is 1. The molecular formula is C6H8N2O2. The highest BCUT2D eigenvalue weighted by atomic mass is 16.6. The van der Waals surface area contributed by atoms with E-state index in [1.165, 1.54) is 0 Å². The van der Waals surface area contributed by atoms with Gasteiger partial charge in [-0.3, -0.25) is 4.90 Å². The molecular weight excluding hydrogens is 132 g/mol. The minimum absolute atomic E-state index is 0.206. The average molecular weight is 140 g/mol. The van der Waals surface area contributed by atoms with Crippen molar-refractivity contribution in [2.75, 3.05) is 13.2 Å². The molecule has 2 rings (SSSR count). The zero-order chi connectivity index (χ0) is 6.97. The van der Waals surface area contributed by atoms with E-state index in [0.717, 1.165) is 6.54 Å². The Morgan fingerprint density at radius 3 is 3.50 bits per heavy atom. The Hall–Kier alpha value is -1.19. The zero-order valence-electron chi connectivity index (χ0n) is 5.41. The number of cyclic esters (lactones) is 1. The summed E-state index contributed by atoms with van der Waals surface area (Å²) < 4.78 is 4.80. The van der Waals surface area contributed by atoms with Crippen LogP contribution in [-0.4, -0.2) is 30.2 Å². The summed E-state index contributed by atoms with van der Waals surface area (Å²) in [6.07, 6.45) is 3.23. The SMILES string of the molecule is O=C1OC[C@@H]2CNC=CN12. The average Bonchev–Trinajstić information content (AvgIpc) is 2.34. The van der Waals surface area contributed by atoms with Gasteiger partial charge in [0, 0.05) is 18.9 Å². The first-order chi connectivity index (χ1) is 4.88. The van der Waals surface area contributed by atoms with Gasteiger partial charge >= 0.3 is 6.09 Å². The fourth-order valence-electron chi connectivity index (χ4n) is 1.15. The Labute approximate surface area is 58.4 Å². The van der Waals surface area contributed by atoms with Crippen LogP contribution in [0.4, 0.5) is 4.79 Å². The van der Waals surface area contributed by atoms with Crippen LogP contribution in [0.3, 0.4) is 0 Å². The highest BCUT2D eigenvalue weighted by molar-refractivity contribution is 5.71. The van der Waals surface area contributed by atoms with Crippen LogP contribution in [0.25, 0.3) is 0 Å². The first-order valence-corrected chi connectivity index (χ1v) is 3.23. The number of fused-ring (bicyclic) bond motifs is 1. The fraction of sp³-hybridized carbons (Fsp3) is 0.500. The predicted molar refractivity (Wildman–Crippen MR) is 34.1 cm³/mol. The van der Waals surface area contributed by atoms with Crippen molar-refractivity contribution < 1.29 is 9.53 Å². The van der Waals surface area contributed by atoms with Crippen LogP contribution < -0.4 is 5.32 Å². The molecule has 2 aliphatic rings. The van der Waals surface area contributed by atoms with Crippen LogP contribution >= 0.6 is 0 Å². The van der Waals surface area contributed by atoms with E-state index >= 15 is 0 Å². The van der Waals surface area contributed by atoms with Gasteiger partial charge in [0.15, 0.2) is 0 Å². The summed E-state index contributed by atoms with van der Waals surface area (Å²) in [6.45, 7) is 1.30. The lowest BCUT2D eigenvalue weighted by Gasteiger charge is -2.20. The number of carbonyl (C=O) groups excluding carboxylic acids is 1. The van der Waals surface area contributed by atoms with Crippen LogP contribution in [-0.2, 0) is 4.74 Å². The molecule has 0 aliphatic carbocycles. The van der Waals surface area contributed by atoms with E-state index in [1.807, 2.05) is 0 Å². The van der Waals surface area contributed by atoms with E-state index in [0.29, 0.717) is 6.61 Å². The Morgan fingerprint density at radius 2 is 2.70 bits per heavy atom. The molecule has 4 nitrogen and oxygen atoms in total. The molecule has 2 heterocycles. The van der Waals surface area contributed by atoms with E-state index < -0.39 is 0 Å². The topological polar surface area (TPSA) is 41.6 Å². The fourth-order valence-corrected chi connectivity index (χ4v) is 1.15. The number of amides is 1. The third-order valence-corrected chi connectivity index (χ3v) is 1.71. The number of nitrogens with zero attached hydrogens (tertiary/aromatic N) is 1. The van der Waals surface area contributed by atoms with Gasteiger partial charge in [-0.15, -0.1) is 0 Å². The van der Waals surface area contributed by atoms with Crippen LogP contribution in [0.15, 0.2) is 12.4 Å². The molecule has 4 heteroatoms. The second kappa shape index (κ2) is 1.90. The normalized spacial score (nSPS) is 29.4. The van der Waals surface area contributed by atoms with Crippen molar-refractivity contribution in [3.05, 3.63) is 12.4 Å². The number of hydrogen-bond acceptors (Lipinski definition) is 3. The molecule has 1 N–H and O–H groups in total. The summed E-state index contributed by atoms with van der Waals surface area (Å²) in [5.41, 5.74) is 0. The van der Waals surface area contributed by atoms with Crippen LogP contribution in [0.2, 0.25) is 0 Å². The number of carbonyl (C=O) groups is 1. The molecule has 0 unspecified atom stereocenters. The summed E-state index contributed by atoms with van der Waals surface area (Å²) in [7, 11) is 0. The van der Waals surface area contributed by atoms with Crippen molar-refractivity contribution in [1.29, 1.82) is 0 Å². The Kier molecular flexibility index (Phi) is 1.06. The van der Waals surface area contributed by atoms with Crippen LogP contribution in [0.1, 0.15) is 0 Å². The molecule has 0 saturated carbocycles. The molecule has 10 heavy (non-hydrogen) atoms. The standard InChI is InChI=1S/C6H8N2O2/c9-6-8-2-1-7-3-5(8)4-10-6/h1-2,5,7H,3-4H2/t5-/m0/s1. The van der Waals surface area contributed by atoms with E-state index in [2.05, 4.69) is 5.32 Å². The maximum Gasteiger partial charge on any atom is 0.414 e. The van der Waals surface area contributed by atoms with Crippen molar-refractivity contribution in [3.63, 3.8) is 0 Å². The third-order valence-electron chi connectivity index (χ3n) is 1.71. The molecule has 0 aromatic heterocycles. The second-order valence-corrected chi connectivity index (χ2v) is 2.36. The lowest BCUT2D eigenvalue weighted by molar-refractivity contribution is 0.166. The van der Waals surface area contributed by atoms with Gasteiger partial charge in [-0.1, -0.05) is 0 Å². The largest absolute Gasteiger partial charge is 0.447 e. The zero-order valence-corrected chi connectivity index (χ0v) is 5.41. The molecule has 1 saturated heterocycles. The smallest absolute Gasteiger partial charge is 0.414 e. The number of nitrogens with one attached hydrogen (secondary N) is 1. The highest BCUT2D eigenvalue weighted by Gasteiger charge is 2.32. The molecule has 1 amide bonds. The minimum Gasteiger partial charge on any atom is -0.447 e. The maximum atomic E-state index is 10.8. The molecule has 0 radical (unpaired) electrons. The first-order valence-electron chi connectivity index (χ1n) is 3.23. The van der Waals surface area contributed by atoms with E-state index in [9.17, 15) is 4.79 Å². The van der Waals surface area contributed by atoms with Crippen molar-refractivity contribution in [1.82, 2.24) is 10.2 Å². The monoisotopic (exact) mass is 140 g/mol. The molecule has 0 aromatic rings. The van der Waals surface area contributed by atoms with Gasteiger partial charge in [0.2, 0.25) is 0 Å². The third kappa shape index (κ3) is 0.650. The molecule has 0 bridgehead atoms. The van der Waals surface area contributed by atoms with Gasteiger partial charge in [0.1, 0.15) is 6.61 Å². The van der Waals surface area contributed by atoms with Gasteiger partial charge < -0.3 is 10.1 Å². The first kappa shape index (κ1) is 5.58. The van der Waals surface area contributed by atoms with Crippen molar-refractivity contribution in [3.8, 4) is 0 Å². The van der Waals surface area contributed by atoms with Gasteiger partial charge in [0.05, 0.1) is 6.04 Å². The Morgan fingerprint density at radius 1 is 1.80 bits per heavy atom. The highest BCUT2D eigenvalue weighted by Crippen LogP contribution is 2.13. The van der Waals surface area contributed by atoms with Gasteiger partial charge in [-0.2, -0.15) is 0 Å². The molecule has 0 spiro atoms. The van der Waals surface area contributed by atoms with Crippen LogP contribution in [0, 0.1) is 0 Å². The molecule has 1 fully saturated rings. The summed E-state index contributed by atoms with van der Waals surface area (Å²) >= 11 is 0. The Balaban J connectivity index is 2.21. The minimum atomic E-state index is -0.234. The van der Waals surface area contributed by atoms with Gasteiger partial charge in [-0.25, -0.2) is 4.79 Å². The number of rotatable bonds is 0. The quantitative estimate of drug-likeness (QED) is 0.510. The van der Waals surface area contributed by atoms with Crippen molar-refractivity contribution in [2.45, 2.75) is 6.04 Å². The van der Waals surface area contributed by atoms with E-state index in [1.54, 1.807) is 17.3 Å². The molecule has 0 aromatic carbocycles. The number of ether oxygens (including phenoxy) is 1. The Bertz CT molecular complexity index is 188. The lowest BCUT2D eigenvalue weighted by Crippen LogP contribution is -2.39. The van der Waals surface area contributed by atoms with E-state index in [4.69, 9.17) is 4.74 Å². The van der Waals surface area contributed by atoms with Crippen molar-refractivity contribution in [2.24, 2.45) is 0 Å². The van der Waals surface area contributed by atoms with E-state index in [-0.39, 0.29) is 12.1 Å². The summed E-state index contributed by atoms with van der Waals surface area (Å²) in [4.78, 5) is 12.4. The summed E-state index contributed by atoms with van der Waals surface area (Å²) in [5, 5.41) is 3.02. The van der Waals surface area contributed by atoms with Crippen LogP contribution in [0.5, 0.6) is 0 Å². The summed E-state index contributed by atoms with van der Waals surface area (Å²) in [5.74, 6) is 0. The van der Waals surface area contributed by atoms with Gasteiger partial charge in [0.25, 0.3) is 0 Å². The van der Waals surface area contributed by atoms with Gasteiger partial charge in [-0.05, 0) is 0 Å². The molecule has 54 valence electrons. The summed E-state index contributed by atoms with van der Waals surface area (Å²) in [6, 6.07) is 0.206. The molecule has 2 aliphatic heterocycles. The second-order valence-electron chi connectivity index (χ2n) is 2.36. The predicted octanol–water partition coefficient (Wildman–Crippen LogP) is -0.118.